The third-order valence-corrected chi connectivity index (χ3v) is 12.0. The molecule has 2 aliphatic heterocycles. The summed E-state index contributed by atoms with van der Waals surface area (Å²) in [6.07, 6.45) is 19.7. The van der Waals surface area contributed by atoms with Crippen LogP contribution >= 0.6 is 0 Å². The number of carbonyl (C=O) groups excluding carboxylic acids is 3. The number of ether oxygens (including phenoxy) is 6. The lowest BCUT2D eigenvalue weighted by Crippen LogP contribution is -2.38. The maximum atomic E-state index is 14.6. The molecule has 0 radical (unpaired) electrons. The fourth-order valence-corrected chi connectivity index (χ4v) is 8.10. The monoisotopic (exact) mass is 861 g/mol. The minimum Gasteiger partial charge on any atom is -0.487 e. The Morgan fingerprint density at radius 2 is 1.53 bits per heavy atom. The Morgan fingerprint density at radius 1 is 0.919 bits per heavy atom. The molecule has 3 heterocycles. The van der Waals surface area contributed by atoms with E-state index >= 15 is 0 Å². The Hall–Kier alpha value is -5.12. The standard InChI is InChI=1S/C48H57F2NO11/c1-4-18-46(21-25-57-26-22-46)44(55)59-31-35-30-51-34(3)43(39(35)32-60-45(56)47(19-5-2)23-27-58-28-24-47)62-42(54)16-12-7-6-11-15-37-38(41(53)29-40(37)52)17-20-48(49,50)33-61-36-13-9-8-10-14-36/h1-2,6,8-11,13-14,17,20,30,37-38,40-41,52-53H,7,12,15-16,18-19,21-29,31-33H2,3H3/b11-6-,20-17+/t37-,38-,40+,41-/m1/s1. The Bertz CT molecular complexity index is 1960. The van der Waals surface area contributed by atoms with Crippen molar-refractivity contribution < 1.29 is 61.8 Å². The maximum absolute atomic E-state index is 14.6. The van der Waals surface area contributed by atoms with Gasteiger partial charge >= 0.3 is 17.9 Å². The zero-order valence-corrected chi connectivity index (χ0v) is 35.2. The second-order valence-electron chi connectivity index (χ2n) is 16.3. The predicted molar refractivity (Wildman–Crippen MR) is 223 cm³/mol. The van der Waals surface area contributed by atoms with Gasteiger partial charge in [0.25, 0.3) is 5.92 Å². The summed E-state index contributed by atoms with van der Waals surface area (Å²) in [6, 6.07) is 8.28. The molecule has 1 aliphatic carbocycles. The first-order valence-electron chi connectivity index (χ1n) is 21.1. The molecule has 4 atom stereocenters. The summed E-state index contributed by atoms with van der Waals surface area (Å²) in [6.45, 7) is 1.65. The number of aliphatic hydroxyl groups is 2. The molecule has 2 aromatic rings. The third-order valence-electron chi connectivity index (χ3n) is 12.0. The van der Waals surface area contributed by atoms with Crippen molar-refractivity contribution in [2.45, 2.75) is 109 Å². The lowest BCUT2D eigenvalue weighted by atomic mass is 9.77. The van der Waals surface area contributed by atoms with Gasteiger partial charge in [-0.3, -0.25) is 19.4 Å². The maximum Gasteiger partial charge on any atom is 0.313 e. The van der Waals surface area contributed by atoms with Crippen LogP contribution in [-0.4, -0.2) is 84.3 Å². The van der Waals surface area contributed by atoms with Crippen molar-refractivity contribution in [3.63, 3.8) is 0 Å². The highest BCUT2D eigenvalue weighted by atomic mass is 19.3. The molecule has 1 aromatic heterocycles. The van der Waals surface area contributed by atoms with E-state index in [0.29, 0.717) is 93.9 Å². The summed E-state index contributed by atoms with van der Waals surface area (Å²) in [5.41, 5.74) is -0.801. The minimum atomic E-state index is -3.29. The first-order chi connectivity index (χ1) is 29.8. The number of hydrogen-bond acceptors (Lipinski definition) is 12. The van der Waals surface area contributed by atoms with Crippen molar-refractivity contribution in [3.8, 4) is 36.2 Å². The van der Waals surface area contributed by atoms with E-state index in [1.807, 2.05) is 6.08 Å². The molecule has 2 N–H and O–H groups in total. The van der Waals surface area contributed by atoms with Crippen LogP contribution in [0.3, 0.4) is 0 Å². The molecule has 3 fully saturated rings. The van der Waals surface area contributed by atoms with Crippen molar-refractivity contribution in [3.05, 3.63) is 77.7 Å². The molecule has 0 amide bonds. The lowest BCUT2D eigenvalue weighted by molar-refractivity contribution is -0.164. The number of aryl methyl sites for hydroxylation is 1. The van der Waals surface area contributed by atoms with Crippen LogP contribution in [0.25, 0.3) is 0 Å². The van der Waals surface area contributed by atoms with Gasteiger partial charge in [0.2, 0.25) is 0 Å². The van der Waals surface area contributed by atoms with E-state index in [1.165, 1.54) is 12.3 Å². The predicted octanol–water partition coefficient (Wildman–Crippen LogP) is 6.77. The first-order valence-corrected chi connectivity index (χ1v) is 21.1. The van der Waals surface area contributed by atoms with Crippen LogP contribution < -0.4 is 9.47 Å². The number of nitrogens with zero attached hydrogens (tertiary/aromatic N) is 1. The van der Waals surface area contributed by atoms with Gasteiger partial charge in [-0.1, -0.05) is 36.4 Å². The lowest BCUT2D eigenvalue weighted by Gasteiger charge is -2.33. The van der Waals surface area contributed by atoms with Gasteiger partial charge in [0.1, 0.15) is 19.0 Å². The van der Waals surface area contributed by atoms with Crippen molar-refractivity contribution in [1.82, 2.24) is 4.98 Å². The van der Waals surface area contributed by atoms with E-state index in [-0.39, 0.29) is 44.6 Å². The number of alkyl halides is 2. The zero-order valence-electron chi connectivity index (χ0n) is 35.2. The summed E-state index contributed by atoms with van der Waals surface area (Å²) < 4.78 is 63.0. The normalized spacial score (nSPS) is 22.1. The number of aromatic nitrogens is 1. The van der Waals surface area contributed by atoms with Crippen LogP contribution in [0.1, 0.15) is 87.4 Å². The molecule has 0 unspecified atom stereocenters. The third kappa shape index (κ3) is 13.0. The van der Waals surface area contributed by atoms with Gasteiger partial charge in [-0.15, -0.1) is 24.7 Å². The molecule has 0 spiro atoms. The number of hydrogen-bond donors (Lipinski definition) is 2. The van der Waals surface area contributed by atoms with Gasteiger partial charge in [0.15, 0.2) is 12.4 Å². The van der Waals surface area contributed by atoms with Gasteiger partial charge in [0, 0.05) is 75.4 Å². The van der Waals surface area contributed by atoms with Gasteiger partial charge < -0.3 is 38.6 Å². The van der Waals surface area contributed by atoms with E-state index < -0.39 is 65.3 Å². The number of unbranched alkanes of at least 4 members (excludes halogenated alkanes) is 1. The second kappa shape index (κ2) is 22.8. The molecule has 12 nitrogen and oxygen atoms in total. The molecule has 1 aromatic carbocycles. The number of carbonyl (C=O) groups is 3. The number of para-hydroxylation sites is 1. The SMILES string of the molecule is C#CCC1(C(=O)OCc2cnc(C)c(OC(=O)CCC/C=C\C[C@@H]3[C@@H](/C=C/C(F)(F)COc4ccccc4)[C@H](O)C[C@@H]3O)c2COC(=O)C2(CC#C)CCOCC2)CCOCC1. The van der Waals surface area contributed by atoms with Gasteiger partial charge in [-0.25, -0.2) is 0 Å². The fourth-order valence-electron chi connectivity index (χ4n) is 8.10. The number of pyridine rings is 1. The average molecular weight is 862 g/mol. The Morgan fingerprint density at radius 3 is 2.15 bits per heavy atom. The van der Waals surface area contributed by atoms with Crippen LogP contribution in [0.5, 0.6) is 11.5 Å². The largest absolute Gasteiger partial charge is 0.487 e. The van der Waals surface area contributed by atoms with Crippen molar-refractivity contribution in [1.29, 1.82) is 0 Å². The topological polar surface area (TPSA) is 160 Å². The van der Waals surface area contributed by atoms with E-state index in [1.54, 1.807) is 43.3 Å². The summed E-state index contributed by atoms with van der Waals surface area (Å²) in [7, 11) is 0. The van der Waals surface area contributed by atoms with Crippen LogP contribution in [-0.2, 0) is 46.5 Å². The number of aliphatic hydroxyl groups excluding tert-OH is 2. The van der Waals surface area contributed by atoms with E-state index in [4.69, 9.17) is 41.3 Å². The Labute approximate surface area is 362 Å². The summed E-state index contributed by atoms with van der Waals surface area (Å²) in [4.78, 5) is 44.8. The molecular weight excluding hydrogens is 805 g/mol. The van der Waals surface area contributed by atoms with E-state index in [9.17, 15) is 33.4 Å². The fraction of sp³-hybridized carbons (Fsp3) is 0.542. The van der Waals surface area contributed by atoms with Gasteiger partial charge in [0.05, 0.1) is 28.7 Å². The molecule has 62 heavy (non-hydrogen) atoms. The molecule has 3 aliphatic rings. The molecule has 2 saturated heterocycles. The van der Waals surface area contributed by atoms with Crippen molar-refractivity contribution >= 4 is 17.9 Å². The van der Waals surface area contributed by atoms with E-state index in [2.05, 4.69) is 16.8 Å². The summed E-state index contributed by atoms with van der Waals surface area (Å²) in [5, 5.41) is 21.2. The second-order valence-corrected chi connectivity index (χ2v) is 16.3. The Balaban J connectivity index is 1.21. The molecule has 334 valence electrons. The molecule has 0 bridgehead atoms. The summed E-state index contributed by atoms with van der Waals surface area (Å²) >= 11 is 0. The highest BCUT2D eigenvalue weighted by Crippen LogP contribution is 2.39. The number of halogens is 2. The molecule has 1 saturated carbocycles. The van der Waals surface area contributed by atoms with Crippen molar-refractivity contribution in [2.75, 3.05) is 33.0 Å². The van der Waals surface area contributed by atoms with E-state index in [0.717, 1.165) is 6.08 Å². The smallest absolute Gasteiger partial charge is 0.313 e. The Kier molecular flexibility index (Phi) is 17.6. The highest BCUT2D eigenvalue weighted by molar-refractivity contribution is 5.78. The molecular formula is C48H57F2NO11. The van der Waals surface area contributed by atoms with Crippen molar-refractivity contribution in [2.24, 2.45) is 22.7 Å². The average Bonchev–Trinajstić information content (AvgIpc) is 3.54. The van der Waals surface area contributed by atoms with Crippen LogP contribution in [0, 0.1) is 54.3 Å². The first kappa shape index (κ1) is 47.9. The van der Waals surface area contributed by atoms with Gasteiger partial charge in [-0.2, -0.15) is 8.78 Å². The zero-order chi connectivity index (χ0) is 44.6. The highest BCUT2D eigenvalue weighted by Gasteiger charge is 2.43. The minimum absolute atomic E-state index is 0.000443. The van der Waals surface area contributed by atoms with Gasteiger partial charge in [-0.05, 0) is 76.0 Å². The van der Waals surface area contributed by atoms with Crippen LogP contribution in [0.4, 0.5) is 8.78 Å². The molecule has 14 heteroatoms. The number of rotatable bonds is 20. The summed E-state index contributed by atoms with van der Waals surface area (Å²) in [5.74, 6) is -0.476. The molecule has 5 rings (SSSR count). The number of benzene rings is 1. The van der Waals surface area contributed by atoms with Crippen LogP contribution in [0.15, 0.2) is 60.8 Å². The number of esters is 3. The number of allylic oxidation sites excluding steroid dienone is 2. The number of terminal acetylenes is 2. The quantitative estimate of drug-likeness (QED) is 0.0624. The van der Waals surface area contributed by atoms with Crippen LogP contribution in [0.2, 0.25) is 0 Å².